The second-order valence-corrected chi connectivity index (χ2v) is 12.0. The lowest BCUT2D eigenvalue weighted by Crippen LogP contribution is -2.20. The molecule has 4 aromatic heterocycles. The average molecular weight is 589 g/mol. The molecule has 6 rings (SSSR count). The van der Waals surface area contributed by atoms with Gasteiger partial charge in [0.05, 0.1) is 33.8 Å². The number of aromatic nitrogens is 4. The Morgan fingerprint density at radius 2 is 2.02 bits per heavy atom. The van der Waals surface area contributed by atoms with E-state index in [-0.39, 0.29) is 11.8 Å². The van der Waals surface area contributed by atoms with E-state index in [1.165, 1.54) is 11.3 Å². The van der Waals surface area contributed by atoms with Crippen LogP contribution in [0.25, 0.3) is 32.0 Å². The van der Waals surface area contributed by atoms with Crippen molar-refractivity contribution in [2.75, 3.05) is 19.0 Å². The smallest absolute Gasteiger partial charge is 0.251 e. The number of benzene rings is 1. The van der Waals surface area contributed by atoms with Crippen molar-refractivity contribution in [3.05, 3.63) is 70.0 Å². The molecule has 1 aliphatic rings. The Labute approximate surface area is 246 Å². The fourth-order valence-electron chi connectivity index (χ4n) is 5.43. The number of nitrogens with one attached hydrogen (secondary N) is 1. The number of anilines is 1. The minimum absolute atomic E-state index is 0.0132. The number of rotatable bonds is 8. The number of ether oxygens (including phenoxy) is 1. The Kier molecular flexibility index (Phi) is 7.13. The van der Waals surface area contributed by atoms with Crippen molar-refractivity contribution in [1.82, 2.24) is 20.2 Å². The molecule has 1 atom stereocenters. The van der Waals surface area contributed by atoms with E-state index in [9.17, 15) is 4.79 Å². The maximum absolute atomic E-state index is 13.2. The summed E-state index contributed by atoms with van der Waals surface area (Å²) in [5.74, 6) is 1.91. The van der Waals surface area contributed by atoms with Crippen LogP contribution in [0.5, 0.6) is 5.75 Å². The van der Waals surface area contributed by atoms with Gasteiger partial charge >= 0.3 is 0 Å². The minimum atomic E-state index is -0.555. The molecule has 5 heterocycles. The normalized spacial score (nSPS) is 14.4. The summed E-state index contributed by atoms with van der Waals surface area (Å²) < 4.78 is 13.0. The van der Waals surface area contributed by atoms with Crippen LogP contribution < -0.4 is 15.8 Å². The van der Waals surface area contributed by atoms with Gasteiger partial charge in [0.2, 0.25) is 11.8 Å². The molecular formula is C30H29ClN6O3S. The van der Waals surface area contributed by atoms with Crippen LogP contribution in [0.4, 0.5) is 5.82 Å². The molecule has 1 unspecified atom stereocenters. The summed E-state index contributed by atoms with van der Waals surface area (Å²) >= 11 is 7.76. The predicted octanol–water partition coefficient (Wildman–Crippen LogP) is 6.43. The number of hydrogen-bond acceptors (Lipinski definition) is 9. The van der Waals surface area contributed by atoms with Gasteiger partial charge in [-0.05, 0) is 42.0 Å². The van der Waals surface area contributed by atoms with Crippen LogP contribution in [-0.2, 0) is 12.8 Å². The summed E-state index contributed by atoms with van der Waals surface area (Å²) in [7, 11) is 1.84. The van der Waals surface area contributed by atoms with Crippen LogP contribution in [0.3, 0.4) is 0 Å². The zero-order chi connectivity index (χ0) is 28.8. The molecule has 0 radical (unpaired) electrons. The van der Waals surface area contributed by atoms with Crippen molar-refractivity contribution in [2.24, 2.45) is 11.7 Å². The van der Waals surface area contributed by atoms with E-state index in [0.29, 0.717) is 58.6 Å². The van der Waals surface area contributed by atoms with Gasteiger partial charge in [0.15, 0.2) is 0 Å². The molecule has 9 nitrogen and oxygen atoms in total. The molecule has 0 aliphatic carbocycles. The van der Waals surface area contributed by atoms with Crippen LogP contribution in [0, 0.1) is 12.8 Å². The Bertz CT molecular complexity index is 1800. The summed E-state index contributed by atoms with van der Waals surface area (Å²) in [4.78, 5) is 23.7. The third kappa shape index (κ3) is 5.02. The Morgan fingerprint density at radius 1 is 1.20 bits per heavy atom. The second kappa shape index (κ2) is 10.8. The van der Waals surface area contributed by atoms with Crippen molar-refractivity contribution in [1.29, 1.82) is 0 Å². The molecular weight excluding hydrogens is 560 g/mol. The second-order valence-electron chi connectivity index (χ2n) is 10.6. The van der Waals surface area contributed by atoms with Crippen LogP contribution in [0.15, 0.2) is 40.9 Å². The highest BCUT2D eigenvalue weighted by Gasteiger charge is 2.32. The first-order chi connectivity index (χ1) is 19.7. The van der Waals surface area contributed by atoms with Crippen LogP contribution in [-0.4, -0.2) is 39.7 Å². The molecule has 1 amide bonds. The largest absolute Gasteiger partial charge is 0.493 e. The fourth-order valence-corrected chi connectivity index (χ4v) is 6.80. The average Bonchev–Trinajstić information content (AvgIpc) is 3.65. The number of pyridine rings is 2. The summed E-state index contributed by atoms with van der Waals surface area (Å²) in [6.45, 7) is 6.40. The van der Waals surface area contributed by atoms with E-state index in [2.05, 4.69) is 40.4 Å². The highest BCUT2D eigenvalue weighted by atomic mass is 35.5. The molecule has 0 fully saturated rings. The Morgan fingerprint density at radius 3 is 2.73 bits per heavy atom. The molecule has 11 heteroatoms. The van der Waals surface area contributed by atoms with Gasteiger partial charge in [0.25, 0.3) is 5.91 Å². The standard InChI is InChI=1S/C30H29ClN6O3S/c1-14(2)9-20-24(28(32)38)26(23-11-16-7-8-34-29(33-4)27(16)41-23)25(30-37-36-15(3)40-30)21(35-20)10-17-13-39-22-12-18(31)5-6-19(17)22/h5-8,11-12,14,17H,9-10,13H2,1-4H3,(H2,32,38)(H,33,34). The lowest BCUT2D eigenvalue weighted by Gasteiger charge is -2.20. The molecule has 3 N–H and O–H groups in total. The highest BCUT2D eigenvalue weighted by molar-refractivity contribution is 7.22. The van der Waals surface area contributed by atoms with Crippen molar-refractivity contribution >= 4 is 44.7 Å². The van der Waals surface area contributed by atoms with Gasteiger partial charge in [-0.25, -0.2) is 4.98 Å². The third-order valence-electron chi connectivity index (χ3n) is 7.15. The molecule has 41 heavy (non-hydrogen) atoms. The summed E-state index contributed by atoms with van der Waals surface area (Å²) in [6, 6.07) is 9.70. The summed E-state index contributed by atoms with van der Waals surface area (Å²) in [5.41, 5.74) is 10.2. The zero-order valence-electron chi connectivity index (χ0n) is 23.1. The van der Waals surface area contributed by atoms with Gasteiger partial charge in [-0.3, -0.25) is 9.78 Å². The maximum Gasteiger partial charge on any atom is 0.251 e. The van der Waals surface area contributed by atoms with E-state index in [1.807, 2.05) is 31.3 Å². The highest BCUT2D eigenvalue weighted by Crippen LogP contribution is 2.46. The number of carbonyl (C=O) groups is 1. The first-order valence-corrected chi connectivity index (χ1v) is 14.6. The van der Waals surface area contributed by atoms with Gasteiger partial charge in [-0.15, -0.1) is 21.5 Å². The Hall–Kier alpha value is -4.02. The number of fused-ring (bicyclic) bond motifs is 2. The number of primary amides is 1. The molecule has 0 spiro atoms. The topological polar surface area (TPSA) is 129 Å². The molecule has 1 aromatic carbocycles. The molecule has 0 saturated carbocycles. The quantitative estimate of drug-likeness (QED) is 0.212. The van der Waals surface area contributed by atoms with Gasteiger partial charge in [-0.1, -0.05) is 31.5 Å². The van der Waals surface area contributed by atoms with Crippen molar-refractivity contribution < 1.29 is 13.9 Å². The third-order valence-corrected chi connectivity index (χ3v) is 8.56. The predicted molar refractivity (Wildman–Crippen MR) is 161 cm³/mol. The SMILES string of the molecule is CNc1nccc2cc(-c3c(C(N)=O)c(CC(C)C)nc(CC4COc5cc(Cl)ccc54)c3-c3nnc(C)o3)sc12. The molecule has 5 aromatic rings. The lowest BCUT2D eigenvalue weighted by molar-refractivity contribution is 0.0999. The number of amides is 1. The molecule has 210 valence electrons. The van der Waals surface area contributed by atoms with E-state index in [4.69, 9.17) is 31.5 Å². The van der Waals surface area contributed by atoms with Gasteiger partial charge < -0.3 is 20.2 Å². The molecule has 0 saturated heterocycles. The van der Waals surface area contributed by atoms with Crippen molar-refractivity contribution in [2.45, 2.75) is 39.5 Å². The maximum atomic E-state index is 13.2. The summed E-state index contributed by atoms with van der Waals surface area (Å²) in [6.07, 6.45) is 2.85. The van der Waals surface area contributed by atoms with Crippen molar-refractivity contribution in [3.8, 4) is 27.6 Å². The van der Waals surface area contributed by atoms with Crippen molar-refractivity contribution in [3.63, 3.8) is 0 Å². The van der Waals surface area contributed by atoms with Crippen LogP contribution in [0.1, 0.15) is 53.0 Å². The first-order valence-electron chi connectivity index (χ1n) is 13.4. The lowest BCUT2D eigenvalue weighted by atomic mass is 9.88. The first kappa shape index (κ1) is 27.2. The number of nitrogens with zero attached hydrogens (tertiary/aromatic N) is 4. The summed E-state index contributed by atoms with van der Waals surface area (Å²) in [5, 5.41) is 13.3. The number of hydrogen-bond donors (Lipinski definition) is 2. The van der Waals surface area contributed by atoms with Gasteiger partial charge in [-0.2, -0.15) is 0 Å². The monoisotopic (exact) mass is 588 g/mol. The zero-order valence-corrected chi connectivity index (χ0v) is 24.7. The molecule has 0 bridgehead atoms. The van der Waals surface area contributed by atoms with Crippen LogP contribution >= 0.6 is 22.9 Å². The van der Waals surface area contributed by atoms with Crippen LogP contribution in [0.2, 0.25) is 5.02 Å². The number of nitrogens with two attached hydrogens (primary N) is 1. The minimum Gasteiger partial charge on any atom is -0.493 e. The van der Waals surface area contributed by atoms with Gasteiger partial charge in [0.1, 0.15) is 11.6 Å². The van der Waals surface area contributed by atoms with E-state index < -0.39 is 5.91 Å². The number of halogens is 1. The van der Waals surface area contributed by atoms with Gasteiger partial charge in [0, 0.05) is 53.5 Å². The van der Waals surface area contributed by atoms with E-state index >= 15 is 0 Å². The van der Waals surface area contributed by atoms with E-state index in [0.717, 1.165) is 37.8 Å². The number of thiophene rings is 1. The number of carbonyl (C=O) groups excluding carboxylic acids is 1. The fraction of sp³-hybridized carbons (Fsp3) is 0.300. The molecule has 1 aliphatic heterocycles. The van der Waals surface area contributed by atoms with E-state index in [1.54, 1.807) is 13.1 Å². The Balaban J connectivity index is 1.65. The number of aryl methyl sites for hydroxylation is 1.